The number of hydrogen-bond acceptors (Lipinski definition) is 3. The molecule has 0 radical (unpaired) electrons. The molecule has 1 aromatic heterocycles. The summed E-state index contributed by atoms with van der Waals surface area (Å²) in [5.41, 5.74) is 10.1. The van der Waals surface area contributed by atoms with Crippen molar-refractivity contribution in [3.8, 4) is 5.69 Å². The molecule has 0 spiro atoms. The molecule has 0 saturated carbocycles. The summed E-state index contributed by atoms with van der Waals surface area (Å²) in [6.07, 6.45) is 0.980. The summed E-state index contributed by atoms with van der Waals surface area (Å²) in [5, 5.41) is 4.16. The van der Waals surface area contributed by atoms with E-state index in [4.69, 9.17) is 4.74 Å². The molecule has 5 heteroatoms. The number of nitrogens with one attached hydrogen (secondary N) is 1. The monoisotopic (exact) mass is 389 g/mol. The van der Waals surface area contributed by atoms with E-state index < -0.39 is 6.10 Å². The van der Waals surface area contributed by atoms with Crippen molar-refractivity contribution in [3.05, 3.63) is 88.2 Å². The number of benzene rings is 2. The van der Waals surface area contributed by atoms with Crippen molar-refractivity contribution in [3.63, 3.8) is 0 Å². The van der Waals surface area contributed by atoms with Crippen molar-refractivity contribution < 1.29 is 9.53 Å². The standard InChI is InChI=1S/C24H27N3O2/c1-16-11-17(2)13-22(12-16)27-18(3)14-21(19(27)4)15-25-26-24(28)23(29-5)20-9-7-6-8-10-20/h6-15,23H,1-5H3,(H,26,28)/b25-15-/t23-/m1/s1. The van der Waals surface area contributed by atoms with Crippen molar-refractivity contribution in [1.82, 2.24) is 9.99 Å². The van der Waals surface area contributed by atoms with Gasteiger partial charge in [-0.25, -0.2) is 5.43 Å². The van der Waals surface area contributed by atoms with Gasteiger partial charge in [0.2, 0.25) is 0 Å². The van der Waals surface area contributed by atoms with Gasteiger partial charge in [-0.2, -0.15) is 5.10 Å². The average molecular weight is 389 g/mol. The molecule has 1 amide bonds. The zero-order chi connectivity index (χ0) is 21.0. The first-order valence-corrected chi connectivity index (χ1v) is 9.59. The number of aryl methyl sites for hydroxylation is 3. The number of rotatable bonds is 6. The molecule has 3 rings (SSSR count). The second-order valence-electron chi connectivity index (χ2n) is 7.27. The van der Waals surface area contributed by atoms with E-state index in [2.05, 4.69) is 67.1 Å². The van der Waals surface area contributed by atoms with E-state index in [0.717, 1.165) is 28.2 Å². The number of ether oxygens (including phenoxy) is 1. The van der Waals surface area contributed by atoms with Gasteiger partial charge in [-0.3, -0.25) is 4.79 Å². The number of hydrazone groups is 1. The van der Waals surface area contributed by atoms with Crippen molar-refractivity contribution >= 4 is 12.1 Å². The molecule has 0 aliphatic heterocycles. The van der Waals surface area contributed by atoms with Crippen LogP contribution < -0.4 is 5.43 Å². The largest absolute Gasteiger partial charge is 0.367 e. The van der Waals surface area contributed by atoms with Crippen LogP contribution in [-0.2, 0) is 9.53 Å². The Morgan fingerprint density at radius 1 is 1.03 bits per heavy atom. The van der Waals surface area contributed by atoms with Crippen molar-refractivity contribution in [2.24, 2.45) is 5.10 Å². The molecule has 0 aliphatic carbocycles. The van der Waals surface area contributed by atoms with Crippen LogP contribution in [0.25, 0.3) is 5.69 Å². The predicted octanol–water partition coefficient (Wildman–Crippen LogP) is 4.55. The number of hydrogen-bond donors (Lipinski definition) is 1. The molecule has 0 saturated heterocycles. The summed E-state index contributed by atoms with van der Waals surface area (Å²) >= 11 is 0. The minimum atomic E-state index is -0.698. The molecular weight excluding hydrogens is 362 g/mol. The lowest BCUT2D eigenvalue weighted by Crippen LogP contribution is -2.26. The summed E-state index contributed by atoms with van der Waals surface area (Å²) in [5.74, 6) is -0.307. The van der Waals surface area contributed by atoms with E-state index in [-0.39, 0.29) is 5.91 Å². The molecule has 3 aromatic rings. The SMILES string of the molecule is CO[C@@H](C(=O)N/N=C\c1cc(C)n(-c2cc(C)cc(C)c2)c1C)c1ccccc1. The van der Waals surface area contributed by atoms with Crippen LogP contribution in [0, 0.1) is 27.7 Å². The van der Waals surface area contributed by atoms with E-state index >= 15 is 0 Å². The lowest BCUT2D eigenvalue weighted by molar-refractivity contribution is -0.131. The highest BCUT2D eigenvalue weighted by Crippen LogP contribution is 2.22. The number of methoxy groups -OCH3 is 1. The van der Waals surface area contributed by atoms with Gasteiger partial charge in [0.05, 0.1) is 6.21 Å². The number of amides is 1. The second-order valence-corrected chi connectivity index (χ2v) is 7.27. The fourth-order valence-corrected chi connectivity index (χ4v) is 3.64. The Balaban J connectivity index is 1.79. The summed E-state index contributed by atoms with van der Waals surface area (Å²) < 4.78 is 7.54. The van der Waals surface area contributed by atoms with Crippen LogP contribution in [0.1, 0.15) is 39.7 Å². The zero-order valence-electron chi connectivity index (χ0n) is 17.6. The molecule has 5 nitrogen and oxygen atoms in total. The normalized spacial score (nSPS) is 12.3. The Labute approximate surface area is 172 Å². The molecular formula is C24H27N3O2. The van der Waals surface area contributed by atoms with Crippen molar-refractivity contribution in [2.75, 3.05) is 7.11 Å². The third-order valence-electron chi connectivity index (χ3n) is 4.89. The zero-order valence-corrected chi connectivity index (χ0v) is 17.6. The molecule has 150 valence electrons. The third-order valence-corrected chi connectivity index (χ3v) is 4.89. The van der Waals surface area contributed by atoms with Crippen LogP contribution in [0.3, 0.4) is 0 Å². The highest BCUT2D eigenvalue weighted by atomic mass is 16.5. The average Bonchev–Trinajstić information content (AvgIpc) is 2.96. The maximum Gasteiger partial charge on any atom is 0.273 e. The Morgan fingerprint density at radius 3 is 2.31 bits per heavy atom. The van der Waals surface area contributed by atoms with Crippen LogP contribution >= 0.6 is 0 Å². The van der Waals surface area contributed by atoms with E-state index in [1.165, 1.54) is 18.2 Å². The summed E-state index contributed by atoms with van der Waals surface area (Å²) in [6.45, 7) is 8.32. The van der Waals surface area contributed by atoms with E-state index in [1.807, 2.05) is 30.3 Å². The van der Waals surface area contributed by atoms with Gasteiger partial charge < -0.3 is 9.30 Å². The number of carbonyl (C=O) groups is 1. The Morgan fingerprint density at radius 2 is 1.69 bits per heavy atom. The number of carbonyl (C=O) groups excluding carboxylic acids is 1. The van der Waals surface area contributed by atoms with Crippen LogP contribution in [0.5, 0.6) is 0 Å². The topological polar surface area (TPSA) is 55.6 Å². The molecule has 0 fully saturated rings. The predicted molar refractivity (Wildman–Crippen MR) is 117 cm³/mol. The molecule has 0 unspecified atom stereocenters. The van der Waals surface area contributed by atoms with Gasteiger partial charge in [-0.05, 0) is 62.6 Å². The van der Waals surface area contributed by atoms with Crippen LogP contribution in [0.15, 0.2) is 59.7 Å². The maximum absolute atomic E-state index is 12.5. The minimum absolute atomic E-state index is 0.307. The van der Waals surface area contributed by atoms with E-state index in [9.17, 15) is 4.79 Å². The van der Waals surface area contributed by atoms with Gasteiger partial charge in [-0.15, -0.1) is 0 Å². The molecule has 29 heavy (non-hydrogen) atoms. The van der Waals surface area contributed by atoms with Gasteiger partial charge in [-0.1, -0.05) is 36.4 Å². The molecule has 1 heterocycles. The van der Waals surface area contributed by atoms with Crippen LogP contribution in [-0.4, -0.2) is 23.8 Å². The summed E-state index contributed by atoms with van der Waals surface area (Å²) in [7, 11) is 1.51. The first kappa shape index (κ1) is 20.6. The quantitative estimate of drug-likeness (QED) is 0.497. The van der Waals surface area contributed by atoms with Gasteiger partial charge in [0.1, 0.15) is 0 Å². The first-order chi connectivity index (χ1) is 13.9. The fourth-order valence-electron chi connectivity index (χ4n) is 3.64. The Hall–Kier alpha value is -3.18. The smallest absolute Gasteiger partial charge is 0.273 e. The molecule has 0 bridgehead atoms. The Bertz CT molecular complexity index is 1020. The molecule has 0 aliphatic rings. The minimum Gasteiger partial charge on any atom is -0.367 e. The summed E-state index contributed by atoms with van der Waals surface area (Å²) in [4.78, 5) is 12.5. The number of aromatic nitrogens is 1. The second kappa shape index (κ2) is 8.88. The van der Waals surface area contributed by atoms with Crippen molar-refractivity contribution in [2.45, 2.75) is 33.8 Å². The van der Waals surface area contributed by atoms with Gasteiger partial charge in [0, 0.05) is 29.7 Å². The van der Waals surface area contributed by atoms with E-state index in [1.54, 1.807) is 6.21 Å². The van der Waals surface area contributed by atoms with Gasteiger partial charge in [0.25, 0.3) is 5.91 Å². The first-order valence-electron chi connectivity index (χ1n) is 9.59. The van der Waals surface area contributed by atoms with Crippen LogP contribution in [0.4, 0.5) is 0 Å². The Kier molecular flexibility index (Phi) is 6.29. The maximum atomic E-state index is 12.5. The highest BCUT2D eigenvalue weighted by molar-refractivity contribution is 5.86. The summed E-state index contributed by atoms with van der Waals surface area (Å²) in [6, 6.07) is 17.9. The van der Waals surface area contributed by atoms with Gasteiger partial charge >= 0.3 is 0 Å². The molecule has 1 N–H and O–H groups in total. The van der Waals surface area contributed by atoms with Gasteiger partial charge in [0.15, 0.2) is 6.10 Å². The molecule has 1 atom stereocenters. The lowest BCUT2D eigenvalue weighted by Gasteiger charge is -2.13. The number of nitrogens with zero attached hydrogens (tertiary/aromatic N) is 2. The third kappa shape index (κ3) is 4.63. The molecule has 2 aromatic carbocycles. The van der Waals surface area contributed by atoms with Crippen molar-refractivity contribution in [1.29, 1.82) is 0 Å². The lowest BCUT2D eigenvalue weighted by atomic mass is 10.1. The fraction of sp³-hybridized carbons (Fsp3) is 0.250. The highest BCUT2D eigenvalue weighted by Gasteiger charge is 2.19. The van der Waals surface area contributed by atoms with E-state index in [0.29, 0.717) is 0 Å². The van der Waals surface area contributed by atoms with Crippen LogP contribution in [0.2, 0.25) is 0 Å².